The predicted molar refractivity (Wildman–Crippen MR) is 118 cm³/mol. The monoisotopic (exact) mass is 407 g/mol. The number of aryl methyl sites for hydroxylation is 1. The Morgan fingerprint density at radius 2 is 1.53 bits per heavy atom. The molecule has 0 bridgehead atoms. The number of nitrogens with zero attached hydrogens (tertiary/aromatic N) is 3. The summed E-state index contributed by atoms with van der Waals surface area (Å²) in [6.07, 6.45) is 3.55. The Balaban J connectivity index is 1.39. The first-order chi connectivity index (χ1) is 14.6. The number of piperazine rings is 1. The molecule has 6 heteroatoms. The summed E-state index contributed by atoms with van der Waals surface area (Å²) >= 11 is 0. The van der Waals surface area contributed by atoms with E-state index >= 15 is 0 Å². The fourth-order valence-electron chi connectivity index (χ4n) is 4.32. The molecule has 2 saturated heterocycles. The van der Waals surface area contributed by atoms with Gasteiger partial charge < -0.3 is 10.0 Å². The molecule has 6 nitrogen and oxygen atoms in total. The quantitative estimate of drug-likeness (QED) is 0.745. The number of amides is 2. The summed E-state index contributed by atoms with van der Waals surface area (Å²) in [5.41, 5.74) is 2.98. The Kier molecular flexibility index (Phi) is 6.04. The highest BCUT2D eigenvalue weighted by molar-refractivity contribution is 6.22. The lowest BCUT2D eigenvalue weighted by Gasteiger charge is -2.38. The molecule has 0 spiro atoms. The van der Waals surface area contributed by atoms with Crippen LogP contribution < -0.4 is 9.80 Å². The molecule has 0 unspecified atom stereocenters. The topological polar surface area (TPSA) is 64.1 Å². The number of benzene rings is 2. The van der Waals surface area contributed by atoms with Gasteiger partial charge in [0.15, 0.2) is 0 Å². The zero-order valence-electron chi connectivity index (χ0n) is 17.5. The number of aromatic hydroxyl groups is 1. The predicted octanol–water partition coefficient (Wildman–Crippen LogP) is 3.19. The van der Waals surface area contributed by atoms with Gasteiger partial charge in [-0.15, -0.1) is 0 Å². The van der Waals surface area contributed by atoms with Crippen LogP contribution in [0.25, 0.3) is 0 Å². The van der Waals surface area contributed by atoms with Crippen LogP contribution >= 0.6 is 0 Å². The maximum absolute atomic E-state index is 13.1. The molecule has 2 aliphatic rings. The van der Waals surface area contributed by atoms with Crippen molar-refractivity contribution in [1.82, 2.24) is 4.90 Å². The second-order valence-corrected chi connectivity index (χ2v) is 8.10. The number of unbranched alkanes of at least 4 members (excludes halogenated alkanes) is 1. The number of carbonyl (C=O) groups excluding carboxylic acids is 2. The van der Waals surface area contributed by atoms with Gasteiger partial charge in [-0.1, -0.05) is 25.5 Å². The molecule has 0 aliphatic carbocycles. The normalized spacial score (nSPS) is 20.2. The van der Waals surface area contributed by atoms with Crippen molar-refractivity contribution in [3.8, 4) is 5.75 Å². The van der Waals surface area contributed by atoms with Crippen LogP contribution in [0.15, 0.2) is 48.5 Å². The summed E-state index contributed by atoms with van der Waals surface area (Å²) in [5.74, 6) is 0.0256. The van der Waals surface area contributed by atoms with Crippen LogP contribution in [0.1, 0.15) is 31.7 Å². The van der Waals surface area contributed by atoms with Crippen LogP contribution in [0.3, 0.4) is 0 Å². The van der Waals surface area contributed by atoms with Gasteiger partial charge in [0.1, 0.15) is 5.75 Å². The molecular formula is C24H29N3O3. The van der Waals surface area contributed by atoms with Gasteiger partial charge in [-0.25, -0.2) is 4.90 Å². The lowest BCUT2D eigenvalue weighted by Crippen LogP contribution is -2.52. The van der Waals surface area contributed by atoms with E-state index in [0.717, 1.165) is 51.1 Å². The molecular weight excluding hydrogens is 378 g/mol. The average Bonchev–Trinajstić information content (AvgIpc) is 3.07. The summed E-state index contributed by atoms with van der Waals surface area (Å²) < 4.78 is 0. The summed E-state index contributed by atoms with van der Waals surface area (Å²) in [5, 5.41) is 9.47. The Hall–Kier alpha value is -2.86. The van der Waals surface area contributed by atoms with Crippen molar-refractivity contribution in [2.75, 3.05) is 36.0 Å². The van der Waals surface area contributed by atoms with Crippen molar-refractivity contribution in [2.24, 2.45) is 0 Å². The number of hydrogen-bond donors (Lipinski definition) is 1. The highest BCUT2D eigenvalue weighted by Crippen LogP contribution is 2.28. The van der Waals surface area contributed by atoms with E-state index in [4.69, 9.17) is 0 Å². The van der Waals surface area contributed by atoms with Crippen LogP contribution in [-0.2, 0) is 16.0 Å². The van der Waals surface area contributed by atoms with Crippen LogP contribution in [-0.4, -0.2) is 54.0 Å². The van der Waals surface area contributed by atoms with Gasteiger partial charge in [0.05, 0.1) is 18.2 Å². The standard InChI is InChI=1S/C24H29N3O3/c1-2-3-4-18-5-7-20(8-6-18)27-23(29)17-22(24(27)30)26-15-13-25(14-16-26)19-9-11-21(28)12-10-19/h5-12,22,28H,2-4,13-17H2,1H3/t22-/m0/s1. The van der Waals surface area contributed by atoms with E-state index in [1.54, 1.807) is 12.1 Å². The molecule has 1 N–H and O–H groups in total. The molecule has 4 rings (SSSR count). The summed E-state index contributed by atoms with van der Waals surface area (Å²) in [6.45, 7) is 5.20. The Morgan fingerprint density at radius 1 is 0.900 bits per heavy atom. The van der Waals surface area contributed by atoms with Crippen LogP contribution in [0.4, 0.5) is 11.4 Å². The fraction of sp³-hybridized carbons (Fsp3) is 0.417. The summed E-state index contributed by atoms with van der Waals surface area (Å²) in [4.78, 5) is 31.5. The van der Waals surface area contributed by atoms with Crippen molar-refractivity contribution < 1.29 is 14.7 Å². The third kappa shape index (κ3) is 4.19. The van der Waals surface area contributed by atoms with Crippen molar-refractivity contribution >= 4 is 23.2 Å². The lowest BCUT2D eigenvalue weighted by atomic mass is 10.1. The highest BCUT2D eigenvalue weighted by atomic mass is 16.3. The fourth-order valence-corrected chi connectivity index (χ4v) is 4.32. The van der Waals surface area contributed by atoms with E-state index in [0.29, 0.717) is 5.69 Å². The SMILES string of the molecule is CCCCc1ccc(N2C(=O)C[C@H](N3CCN(c4ccc(O)cc4)CC3)C2=O)cc1. The number of hydrogen-bond acceptors (Lipinski definition) is 5. The molecule has 2 amide bonds. The van der Waals surface area contributed by atoms with Gasteiger partial charge in [0.2, 0.25) is 5.91 Å². The Morgan fingerprint density at radius 3 is 2.17 bits per heavy atom. The molecule has 2 aromatic carbocycles. The number of carbonyl (C=O) groups is 2. The molecule has 30 heavy (non-hydrogen) atoms. The minimum Gasteiger partial charge on any atom is -0.508 e. The minimum absolute atomic E-state index is 0.112. The second-order valence-electron chi connectivity index (χ2n) is 8.10. The smallest absolute Gasteiger partial charge is 0.251 e. The number of imide groups is 1. The molecule has 1 atom stereocenters. The van der Waals surface area contributed by atoms with E-state index < -0.39 is 0 Å². The highest BCUT2D eigenvalue weighted by Gasteiger charge is 2.43. The molecule has 2 aliphatic heterocycles. The molecule has 158 valence electrons. The van der Waals surface area contributed by atoms with Crippen LogP contribution in [0.5, 0.6) is 5.75 Å². The van der Waals surface area contributed by atoms with Crippen molar-refractivity contribution in [1.29, 1.82) is 0 Å². The number of anilines is 2. The van der Waals surface area contributed by atoms with E-state index in [1.165, 1.54) is 10.5 Å². The zero-order chi connectivity index (χ0) is 21.1. The van der Waals surface area contributed by atoms with Gasteiger partial charge in [0.25, 0.3) is 5.91 Å². The minimum atomic E-state index is -0.376. The van der Waals surface area contributed by atoms with E-state index in [2.05, 4.69) is 16.7 Å². The lowest BCUT2D eigenvalue weighted by molar-refractivity contribution is -0.123. The third-order valence-electron chi connectivity index (χ3n) is 6.11. The Bertz CT molecular complexity index is 887. The van der Waals surface area contributed by atoms with E-state index in [9.17, 15) is 14.7 Å². The molecule has 0 saturated carbocycles. The van der Waals surface area contributed by atoms with Crippen molar-refractivity contribution in [3.63, 3.8) is 0 Å². The molecule has 0 radical (unpaired) electrons. The van der Waals surface area contributed by atoms with Gasteiger partial charge in [-0.3, -0.25) is 14.5 Å². The van der Waals surface area contributed by atoms with Gasteiger partial charge in [-0.2, -0.15) is 0 Å². The van der Waals surface area contributed by atoms with Gasteiger partial charge >= 0.3 is 0 Å². The third-order valence-corrected chi connectivity index (χ3v) is 6.11. The summed E-state index contributed by atoms with van der Waals surface area (Å²) in [6, 6.07) is 14.6. The van der Waals surface area contributed by atoms with Gasteiger partial charge in [0, 0.05) is 31.9 Å². The first-order valence-electron chi connectivity index (χ1n) is 10.8. The number of phenolic OH excluding ortho intramolecular Hbond substituents is 1. The average molecular weight is 408 g/mol. The van der Waals surface area contributed by atoms with Crippen molar-refractivity contribution in [2.45, 2.75) is 38.6 Å². The zero-order valence-corrected chi connectivity index (χ0v) is 17.5. The van der Waals surface area contributed by atoms with Crippen LogP contribution in [0, 0.1) is 0 Å². The number of rotatable bonds is 6. The molecule has 2 heterocycles. The van der Waals surface area contributed by atoms with Gasteiger partial charge in [-0.05, 0) is 54.8 Å². The molecule has 0 aromatic heterocycles. The summed E-state index contributed by atoms with van der Waals surface area (Å²) in [7, 11) is 0. The Labute approximate surface area is 177 Å². The molecule has 2 fully saturated rings. The van der Waals surface area contributed by atoms with E-state index in [1.807, 2.05) is 36.4 Å². The maximum Gasteiger partial charge on any atom is 0.251 e. The number of phenols is 1. The van der Waals surface area contributed by atoms with E-state index in [-0.39, 0.29) is 30.0 Å². The van der Waals surface area contributed by atoms with Crippen molar-refractivity contribution in [3.05, 3.63) is 54.1 Å². The van der Waals surface area contributed by atoms with Crippen LogP contribution in [0.2, 0.25) is 0 Å². The molecule has 2 aromatic rings. The second kappa shape index (κ2) is 8.88. The maximum atomic E-state index is 13.1. The largest absolute Gasteiger partial charge is 0.508 e. The first-order valence-corrected chi connectivity index (χ1v) is 10.8. The first kappa shape index (κ1) is 20.4.